The van der Waals surface area contributed by atoms with Gasteiger partial charge < -0.3 is 14.5 Å². The summed E-state index contributed by atoms with van der Waals surface area (Å²) in [4.78, 5) is 21.5. The maximum Gasteiger partial charge on any atom is 0.231 e. The van der Waals surface area contributed by atoms with E-state index in [1.807, 2.05) is 73.6 Å². The van der Waals surface area contributed by atoms with Gasteiger partial charge in [-0.15, -0.1) is 0 Å². The number of hydrogen-bond acceptors (Lipinski definition) is 4. The molecule has 2 aromatic carbocycles. The average Bonchev–Trinajstić information content (AvgIpc) is 2.66. The molecule has 1 unspecified atom stereocenters. The Labute approximate surface area is 159 Å². The molecular weight excluding hydrogens is 338 g/mol. The summed E-state index contributed by atoms with van der Waals surface area (Å²) >= 11 is 0. The average molecular weight is 361 g/mol. The van der Waals surface area contributed by atoms with Crippen molar-refractivity contribution in [3.05, 3.63) is 66.4 Å². The van der Waals surface area contributed by atoms with Crippen LogP contribution in [-0.2, 0) is 11.2 Å². The van der Waals surface area contributed by atoms with Crippen LogP contribution in [0, 0.1) is 0 Å². The SMILES string of the molecule is CN(C)CC1CN(C(=O)Cc2ccc3cccnc3c2)c2ccccc2O1. The zero-order chi connectivity index (χ0) is 18.8. The Kier molecular flexibility index (Phi) is 4.77. The molecule has 1 atom stereocenters. The zero-order valence-corrected chi connectivity index (χ0v) is 15.6. The van der Waals surface area contributed by atoms with Crippen LogP contribution in [0.15, 0.2) is 60.8 Å². The minimum atomic E-state index is -0.0443. The summed E-state index contributed by atoms with van der Waals surface area (Å²) in [5.74, 6) is 0.842. The van der Waals surface area contributed by atoms with Crippen LogP contribution in [0.3, 0.4) is 0 Å². The van der Waals surface area contributed by atoms with Gasteiger partial charge in [-0.25, -0.2) is 0 Å². The second-order valence-electron chi connectivity index (χ2n) is 7.18. The lowest BCUT2D eigenvalue weighted by Gasteiger charge is -2.36. The molecule has 0 spiro atoms. The number of hydrogen-bond donors (Lipinski definition) is 0. The van der Waals surface area contributed by atoms with Crippen molar-refractivity contribution in [3.8, 4) is 5.75 Å². The van der Waals surface area contributed by atoms with Crippen molar-refractivity contribution in [2.24, 2.45) is 0 Å². The molecule has 0 saturated heterocycles. The second-order valence-corrected chi connectivity index (χ2v) is 7.18. The number of likely N-dealkylation sites (N-methyl/N-ethyl adjacent to an activating group) is 1. The minimum Gasteiger partial charge on any atom is -0.485 e. The highest BCUT2D eigenvalue weighted by Gasteiger charge is 2.29. The van der Waals surface area contributed by atoms with Crippen molar-refractivity contribution in [2.45, 2.75) is 12.5 Å². The number of rotatable bonds is 4. The van der Waals surface area contributed by atoms with Crippen LogP contribution in [0.2, 0.25) is 0 Å². The van der Waals surface area contributed by atoms with Gasteiger partial charge in [-0.2, -0.15) is 0 Å². The third-order valence-corrected chi connectivity index (χ3v) is 4.73. The number of anilines is 1. The maximum atomic E-state index is 13.1. The lowest BCUT2D eigenvalue weighted by molar-refractivity contribution is -0.118. The van der Waals surface area contributed by atoms with Crippen molar-refractivity contribution in [1.29, 1.82) is 0 Å². The molecule has 0 N–H and O–H groups in total. The molecule has 138 valence electrons. The monoisotopic (exact) mass is 361 g/mol. The highest BCUT2D eigenvalue weighted by molar-refractivity contribution is 5.97. The Hall–Kier alpha value is -2.92. The lowest BCUT2D eigenvalue weighted by atomic mass is 10.1. The van der Waals surface area contributed by atoms with Gasteiger partial charge >= 0.3 is 0 Å². The van der Waals surface area contributed by atoms with Gasteiger partial charge in [0.25, 0.3) is 0 Å². The number of aromatic nitrogens is 1. The van der Waals surface area contributed by atoms with Gasteiger partial charge in [0.2, 0.25) is 5.91 Å². The van der Waals surface area contributed by atoms with Gasteiger partial charge in [-0.05, 0) is 43.9 Å². The second kappa shape index (κ2) is 7.37. The van der Waals surface area contributed by atoms with Crippen LogP contribution >= 0.6 is 0 Å². The topological polar surface area (TPSA) is 45.7 Å². The van der Waals surface area contributed by atoms with E-state index in [2.05, 4.69) is 9.88 Å². The Balaban J connectivity index is 1.59. The predicted molar refractivity (Wildman–Crippen MR) is 107 cm³/mol. The molecule has 27 heavy (non-hydrogen) atoms. The molecule has 5 heteroatoms. The number of nitrogens with zero attached hydrogens (tertiary/aromatic N) is 3. The van der Waals surface area contributed by atoms with Crippen molar-refractivity contribution in [1.82, 2.24) is 9.88 Å². The number of ether oxygens (including phenoxy) is 1. The van der Waals surface area contributed by atoms with E-state index >= 15 is 0 Å². The molecule has 0 bridgehead atoms. The van der Waals surface area contributed by atoms with E-state index in [-0.39, 0.29) is 12.0 Å². The van der Waals surface area contributed by atoms with E-state index in [9.17, 15) is 4.79 Å². The highest BCUT2D eigenvalue weighted by Crippen LogP contribution is 2.33. The summed E-state index contributed by atoms with van der Waals surface area (Å²) < 4.78 is 6.09. The minimum absolute atomic E-state index is 0.0443. The summed E-state index contributed by atoms with van der Waals surface area (Å²) in [5.41, 5.74) is 2.73. The van der Waals surface area contributed by atoms with Crippen LogP contribution < -0.4 is 9.64 Å². The van der Waals surface area contributed by atoms with Gasteiger partial charge in [0, 0.05) is 18.1 Å². The van der Waals surface area contributed by atoms with E-state index in [0.29, 0.717) is 13.0 Å². The number of carbonyl (C=O) groups is 1. The van der Waals surface area contributed by atoms with E-state index in [4.69, 9.17) is 4.74 Å². The summed E-state index contributed by atoms with van der Waals surface area (Å²) in [6, 6.07) is 17.7. The van der Waals surface area contributed by atoms with E-state index < -0.39 is 0 Å². The van der Waals surface area contributed by atoms with Crippen molar-refractivity contribution in [2.75, 3.05) is 32.1 Å². The zero-order valence-electron chi connectivity index (χ0n) is 15.6. The van der Waals surface area contributed by atoms with E-state index in [1.165, 1.54) is 0 Å². The van der Waals surface area contributed by atoms with Crippen LogP contribution in [0.4, 0.5) is 5.69 Å². The molecule has 0 aliphatic carbocycles. The maximum absolute atomic E-state index is 13.1. The highest BCUT2D eigenvalue weighted by atomic mass is 16.5. The third kappa shape index (κ3) is 3.78. The largest absolute Gasteiger partial charge is 0.485 e. The molecule has 5 nitrogen and oxygen atoms in total. The summed E-state index contributed by atoms with van der Waals surface area (Å²) in [6.45, 7) is 1.32. The molecule has 1 amide bonds. The Morgan fingerprint density at radius 3 is 2.89 bits per heavy atom. The smallest absolute Gasteiger partial charge is 0.231 e. The normalized spacial score (nSPS) is 16.3. The Morgan fingerprint density at radius 1 is 1.19 bits per heavy atom. The molecule has 1 aromatic heterocycles. The van der Waals surface area contributed by atoms with Crippen molar-refractivity contribution < 1.29 is 9.53 Å². The molecule has 0 radical (unpaired) electrons. The first-order chi connectivity index (χ1) is 13.1. The molecule has 4 rings (SSSR count). The van der Waals surface area contributed by atoms with Gasteiger partial charge in [-0.3, -0.25) is 9.78 Å². The summed E-state index contributed by atoms with van der Waals surface area (Å²) in [5, 5.41) is 1.08. The predicted octanol–water partition coefficient (Wildman–Crippen LogP) is 3.13. The first kappa shape index (κ1) is 17.5. The molecule has 0 fully saturated rings. The van der Waals surface area contributed by atoms with Crippen molar-refractivity contribution in [3.63, 3.8) is 0 Å². The van der Waals surface area contributed by atoms with Crippen LogP contribution in [-0.4, -0.2) is 49.1 Å². The molecule has 1 aliphatic heterocycles. The van der Waals surface area contributed by atoms with Crippen LogP contribution in [0.5, 0.6) is 5.75 Å². The molecule has 0 saturated carbocycles. The van der Waals surface area contributed by atoms with Gasteiger partial charge in [0.1, 0.15) is 11.9 Å². The number of carbonyl (C=O) groups excluding carboxylic acids is 1. The van der Waals surface area contributed by atoms with Crippen molar-refractivity contribution >= 4 is 22.5 Å². The third-order valence-electron chi connectivity index (χ3n) is 4.73. The van der Waals surface area contributed by atoms with E-state index in [0.717, 1.165) is 34.4 Å². The van der Waals surface area contributed by atoms with E-state index in [1.54, 1.807) is 6.20 Å². The number of para-hydroxylation sites is 2. The molecular formula is C22H23N3O2. The van der Waals surface area contributed by atoms with Gasteiger partial charge in [-0.1, -0.05) is 30.3 Å². The summed E-state index contributed by atoms with van der Waals surface area (Å²) in [7, 11) is 4.02. The Bertz CT molecular complexity index is 970. The van der Waals surface area contributed by atoms with Gasteiger partial charge in [0.05, 0.1) is 24.2 Å². The van der Waals surface area contributed by atoms with Crippen LogP contribution in [0.1, 0.15) is 5.56 Å². The standard InChI is InChI=1S/C22H23N3O2/c1-24(2)14-18-15-25(20-7-3-4-8-21(20)27-18)22(26)13-16-9-10-17-6-5-11-23-19(17)12-16/h3-12,18H,13-15H2,1-2H3. The van der Waals surface area contributed by atoms with Gasteiger partial charge in [0.15, 0.2) is 0 Å². The lowest BCUT2D eigenvalue weighted by Crippen LogP contribution is -2.47. The number of fused-ring (bicyclic) bond motifs is 2. The molecule has 1 aliphatic rings. The molecule has 3 aromatic rings. The molecule has 2 heterocycles. The summed E-state index contributed by atoms with van der Waals surface area (Å²) in [6.07, 6.45) is 2.07. The van der Waals surface area contributed by atoms with Crippen LogP contribution in [0.25, 0.3) is 10.9 Å². The number of benzene rings is 2. The first-order valence-electron chi connectivity index (χ1n) is 9.14. The quantitative estimate of drug-likeness (QED) is 0.716. The fraction of sp³-hybridized carbons (Fsp3) is 0.273. The Morgan fingerprint density at radius 2 is 2.04 bits per heavy atom. The number of amides is 1. The fourth-order valence-corrected chi connectivity index (χ4v) is 3.53. The first-order valence-corrected chi connectivity index (χ1v) is 9.14. The fourth-order valence-electron chi connectivity index (χ4n) is 3.53. The number of pyridine rings is 1.